The van der Waals surface area contributed by atoms with E-state index in [2.05, 4.69) is 0 Å². The summed E-state index contributed by atoms with van der Waals surface area (Å²) >= 11 is 11.6. The molecular weight excluding hydrogens is 211 g/mol. The average Bonchev–Trinajstić information content (AvgIpc) is 2.14. The minimum atomic E-state index is 0.239. The number of aldehydes is 1. The minimum absolute atomic E-state index is 0.239. The molecule has 0 aliphatic rings. The molecule has 0 bridgehead atoms. The fourth-order valence-electron chi connectivity index (χ4n) is 0.905. The van der Waals surface area contributed by atoms with Crippen molar-refractivity contribution >= 4 is 29.5 Å². The molecule has 0 fully saturated rings. The molecule has 1 aromatic rings. The van der Waals surface area contributed by atoms with Crippen molar-refractivity contribution in [3.63, 3.8) is 0 Å². The Kier molecular flexibility index (Phi) is 3.58. The van der Waals surface area contributed by atoms with Crippen LogP contribution < -0.4 is 4.74 Å². The Bertz CT molecular complexity index is 324. The van der Waals surface area contributed by atoms with Crippen molar-refractivity contribution in [1.82, 2.24) is 0 Å². The van der Waals surface area contributed by atoms with Crippen LogP contribution in [-0.2, 0) is 0 Å². The Morgan fingerprint density at radius 1 is 1.38 bits per heavy atom. The molecule has 1 aromatic carbocycles. The quantitative estimate of drug-likeness (QED) is 0.729. The van der Waals surface area contributed by atoms with Crippen molar-refractivity contribution in [2.75, 3.05) is 6.61 Å². The number of benzene rings is 1. The van der Waals surface area contributed by atoms with Gasteiger partial charge in [0.1, 0.15) is 10.8 Å². The van der Waals surface area contributed by atoms with Crippen LogP contribution in [0.25, 0.3) is 0 Å². The number of ether oxygens (including phenoxy) is 1. The Labute approximate surface area is 86.4 Å². The maximum absolute atomic E-state index is 10.5. The SMILES string of the molecule is CCOc1ccc(C=O)c(Cl)c1Cl. The van der Waals surface area contributed by atoms with E-state index >= 15 is 0 Å². The molecule has 13 heavy (non-hydrogen) atoms. The highest BCUT2D eigenvalue weighted by molar-refractivity contribution is 6.44. The lowest BCUT2D eigenvalue weighted by Crippen LogP contribution is -1.93. The predicted molar refractivity (Wildman–Crippen MR) is 53.0 cm³/mol. The lowest BCUT2D eigenvalue weighted by Gasteiger charge is -2.07. The maximum Gasteiger partial charge on any atom is 0.151 e. The number of carbonyl (C=O) groups is 1. The number of carbonyl (C=O) groups excluding carboxylic acids is 1. The monoisotopic (exact) mass is 218 g/mol. The zero-order valence-corrected chi connectivity index (χ0v) is 8.52. The van der Waals surface area contributed by atoms with Crippen LogP contribution in [0.5, 0.6) is 5.75 Å². The summed E-state index contributed by atoms with van der Waals surface area (Å²) in [4.78, 5) is 10.5. The zero-order valence-electron chi connectivity index (χ0n) is 7.01. The molecule has 4 heteroatoms. The maximum atomic E-state index is 10.5. The Hall–Kier alpha value is -0.730. The van der Waals surface area contributed by atoms with E-state index in [0.29, 0.717) is 24.2 Å². The standard InChI is InChI=1S/C9H8Cl2O2/c1-2-13-7-4-3-6(5-12)8(10)9(7)11/h3-5H,2H2,1H3. The molecular formula is C9H8Cl2O2. The van der Waals surface area contributed by atoms with Gasteiger partial charge in [-0.05, 0) is 19.1 Å². The van der Waals surface area contributed by atoms with Gasteiger partial charge in [0.25, 0.3) is 0 Å². The van der Waals surface area contributed by atoms with Crippen molar-refractivity contribution in [2.24, 2.45) is 0 Å². The summed E-state index contributed by atoms with van der Waals surface area (Å²) in [5, 5.41) is 0.524. The highest BCUT2D eigenvalue weighted by Crippen LogP contribution is 2.33. The molecule has 2 nitrogen and oxygen atoms in total. The Morgan fingerprint density at radius 3 is 2.62 bits per heavy atom. The lowest BCUT2D eigenvalue weighted by atomic mass is 10.2. The molecule has 0 aliphatic carbocycles. The minimum Gasteiger partial charge on any atom is -0.492 e. The van der Waals surface area contributed by atoms with Gasteiger partial charge in [0.2, 0.25) is 0 Å². The van der Waals surface area contributed by atoms with Gasteiger partial charge < -0.3 is 4.74 Å². The van der Waals surface area contributed by atoms with Crippen molar-refractivity contribution in [2.45, 2.75) is 6.92 Å². The molecule has 70 valence electrons. The third-order valence-electron chi connectivity index (χ3n) is 1.50. The molecule has 0 saturated carbocycles. The number of hydrogen-bond donors (Lipinski definition) is 0. The first kappa shape index (κ1) is 10.4. The van der Waals surface area contributed by atoms with Crippen molar-refractivity contribution in [3.05, 3.63) is 27.7 Å². The van der Waals surface area contributed by atoms with Gasteiger partial charge >= 0.3 is 0 Å². The average molecular weight is 219 g/mol. The van der Waals surface area contributed by atoms with Crippen molar-refractivity contribution < 1.29 is 9.53 Å². The number of hydrogen-bond acceptors (Lipinski definition) is 2. The van der Waals surface area contributed by atoms with Crippen LogP contribution >= 0.6 is 23.2 Å². The summed E-state index contributed by atoms with van der Waals surface area (Å²) in [7, 11) is 0. The molecule has 1 rings (SSSR count). The summed E-state index contributed by atoms with van der Waals surface area (Å²) < 4.78 is 5.18. The van der Waals surface area contributed by atoms with E-state index in [9.17, 15) is 4.79 Å². The largest absolute Gasteiger partial charge is 0.492 e. The topological polar surface area (TPSA) is 26.3 Å². The van der Waals surface area contributed by atoms with E-state index in [4.69, 9.17) is 27.9 Å². The molecule has 0 saturated heterocycles. The third-order valence-corrected chi connectivity index (χ3v) is 2.38. The van der Waals surface area contributed by atoms with Gasteiger partial charge in [-0.3, -0.25) is 4.79 Å². The van der Waals surface area contributed by atoms with Gasteiger partial charge in [-0.25, -0.2) is 0 Å². The molecule has 0 heterocycles. The summed E-state index contributed by atoms with van der Waals surface area (Å²) in [6.07, 6.45) is 0.657. The summed E-state index contributed by atoms with van der Waals surface area (Å²) in [5.74, 6) is 0.500. The molecule has 0 radical (unpaired) electrons. The fraction of sp³-hybridized carbons (Fsp3) is 0.222. The van der Waals surface area contributed by atoms with E-state index in [1.54, 1.807) is 12.1 Å². The highest BCUT2D eigenvalue weighted by atomic mass is 35.5. The molecule has 0 unspecified atom stereocenters. The molecule has 0 aliphatic heterocycles. The molecule has 0 spiro atoms. The second-order valence-electron chi connectivity index (χ2n) is 2.33. The van der Waals surface area contributed by atoms with Crippen LogP contribution in [0, 0.1) is 0 Å². The van der Waals surface area contributed by atoms with Gasteiger partial charge in [-0.15, -0.1) is 0 Å². The molecule has 0 N–H and O–H groups in total. The highest BCUT2D eigenvalue weighted by Gasteiger charge is 2.09. The van der Waals surface area contributed by atoms with E-state index in [-0.39, 0.29) is 10.0 Å². The fourth-order valence-corrected chi connectivity index (χ4v) is 1.33. The Balaban J connectivity index is 3.14. The number of halogens is 2. The van der Waals surface area contributed by atoms with Crippen LogP contribution in [0.1, 0.15) is 17.3 Å². The predicted octanol–water partition coefficient (Wildman–Crippen LogP) is 3.20. The van der Waals surface area contributed by atoms with Gasteiger partial charge in [0, 0.05) is 5.56 Å². The second-order valence-corrected chi connectivity index (χ2v) is 3.09. The van der Waals surface area contributed by atoms with Crippen LogP contribution in [0.2, 0.25) is 10.0 Å². The van der Waals surface area contributed by atoms with Crippen molar-refractivity contribution in [3.8, 4) is 5.75 Å². The summed E-state index contributed by atoms with van der Waals surface area (Å²) in [6, 6.07) is 3.20. The molecule has 0 atom stereocenters. The van der Waals surface area contributed by atoms with Crippen LogP contribution in [0.4, 0.5) is 0 Å². The molecule has 0 aromatic heterocycles. The Morgan fingerprint density at radius 2 is 2.08 bits per heavy atom. The first-order valence-corrected chi connectivity index (χ1v) is 4.52. The van der Waals surface area contributed by atoms with Gasteiger partial charge in [0.05, 0.1) is 11.6 Å². The summed E-state index contributed by atoms with van der Waals surface area (Å²) in [6.45, 7) is 2.36. The van der Waals surface area contributed by atoms with E-state index in [0.717, 1.165) is 0 Å². The summed E-state index contributed by atoms with van der Waals surface area (Å²) in [5.41, 5.74) is 0.370. The van der Waals surface area contributed by atoms with E-state index in [1.165, 1.54) is 0 Å². The molecule has 0 amide bonds. The normalized spacial score (nSPS) is 9.77. The van der Waals surface area contributed by atoms with Gasteiger partial charge in [0.15, 0.2) is 6.29 Å². The van der Waals surface area contributed by atoms with Crippen LogP contribution in [0.15, 0.2) is 12.1 Å². The van der Waals surface area contributed by atoms with Crippen LogP contribution in [0.3, 0.4) is 0 Å². The third kappa shape index (κ3) is 2.14. The first-order chi connectivity index (χ1) is 6.20. The lowest BCUT2D eigenvalue weighted by molar-refractivity contribution is 0.112. The van der Waals surface area contributed by atoms with E-state index < -0.39 is 0 Å². The van der Waals surface area contributed by atoms with Crippen molar-refractivity contribution in [1.29, 1.82) is 0 Å². The smallest absolute Gasteiger partial charge is 0.151 e. The second kappa shape index (κ2) is 4.49. The number of rotatable bonds is 3. The zero-order chi connectivity index (χ0) is 9.84. The van der Waals surface area contributed by atoms with E-state index in [1.807, 2.05) is 6.92 Å². The van der Waals surface area contributed by atoms with Crippen LogP contribution in [-0.4, -0.2) is 12.9 Å². The van der Waals surface area contributed by atoms with Gasteiger partial charge in [-0.2, -0.15) is 0 Å². The van der Waals surface area contributed by atoms with Gasteiger partial charge in [-0.1, -0.05) is 23.2 Å². The first-order valence-electron chi connectivity index (χ1n) is 3.76.